The highest BCUT2D eigenvalue weighted by molar-refractivity contribution is 9.11. The fourth-order valence-corrected chi connectivity index (χ4v) is 4.38. The van der Waals surface area contributed by atoms with Crippen LogP contribution in [-0.4, -0.2) is 36.0 Å². The zero-order valence-corrected chi connectivity index (χ0v) is 12.6. The minimum Gasteiger partial charge on any atom is -0.347 e. The molecule has 98 valence electrons. The highest BCUT2D eigenvalue weighted by atomic mass is 79.9. The molecule has 0 saturated carbocycles. The molecule has 3 nitrogen and oxygen atoms in total. The van der Waals surface area contributed by atoms with Crippen LogP contribution in [0, 0.1) is 0 Å². The third kappa shape index (κ3) is 2.49. The second kappa shape index (κ2) is 5.31. The van der Waals surface area contributed by atoms with Gasteiger partial charge in [0.25, 0.3) is 5.91 Å². The summed E-state index contributed by atoms with van der Waals surface area (Å²) < 4.78 is 1.01. The highest BCUT2D eigenvalue weighted by Gasteiger charge is 2.36. The molecule has 1 aromatic rings. The molecule has 0 unspecified atom stereocenters. The quantitative estimate of drug-likeness (QED) is 0.905. The molecule has 0 aliphatic carbocycles. The van der Waals surface area contributed by atoms with Crippen LogP contribution < -0.4 is 5.32 Å². The third-order valence-electron chi connectivity index (χ3n) is 3.97. The summed E-state index contributed by atoms with van der Waals surface area (Å²) in [6, 6.07) is 4.74. The third-order valence-corrected chi connectivity index (χ3v) is 5.59. The Kier molecular flexibility index (Phi) is 3.73. The molecule has 2 aliphatic heterocycles. The number of nitrogens with zero attached hydrogens (tertiary/aromatic N) is 1. The number of nitrogens with one attached hydrogen (secondary N) is 1. The van der Waals surface area contributed by atoms with Gasteiger partial charge in [-0.05, 0) is 53.9 Å². The number of halogens is 1. The van der Waals surface area contributed by atoms with Gasteiger partial charge in [0.2, 0.25) is 0 Å². The molecule has 1 aromatic heterocycles. The van der Waals surface area contributed by atoms with E-state index in [-0.39, 0.29) is 5.91 Å². The van der Waals surface area contributed by atoms with Gasteiger partial charge in [-0.25, -0.2) is 0 Å². The molecule has 2 aliphatic rings. The molecule has 1 N–H and O–H groups in total. The summed E-state index contributed by atoms with van der Waals surface area (Å²) in [6.45, 7) is 2.35. The first kappa shape index (κ1) is 12.6. The molecule has 2 atom stereocenters. The lowest BCUT2D eigenvalue weighted by atomic mass is 9.99. The Morgan fingerprint density at radius 3 is 3.00 bits per heavy atom. The van der Waals surface area contributed by atoms with E-state index in [0.29, 0.717) is 12.1 Å². The number of carbonyl (C=O) groups is 1. The maximum Gasteiger partial charge on any atom is 0.261 e. The van der Waals surface area contributed by atoms with E-state index in [0.717, 1.165) is 21.6 Å². The van der Waals surface area contributed by atoms with Crippen LogP contribution in [0.4, 0.5) is 0 Å². The zero-order valence-electron chi connectivity index (χ0n) is 10.2. The molecule has 0 spiro atoms. The largest absolute Gasteiger partial charge is 0.347 e. The molecular formula is C13H17BrN2OS. The van der Waals surface area contributed by atoms with E-state index in [4.69, 9.17) is 0 Å². The maximum atomic E-state index is 12.1. The van der Waals surface area contributed by atoms with Crippen molar-refractivity contribution in [1.82, 2.24) is 10.2 Å². The van der Waals surface area contributed by atoms with E-state index >= 15 is 0 Å². The van der Waals surface area contributed by atoms with Crippen LogP contribution in [0.2, 0.25) is 0 Å². The molecule has 2 saturated heterocycles. The van der Waals surface area contributed by atoms with Crippen molar-refractivity contribution in [2.45, 2.75) is 37.8 Å². The second-order valence-corrected chi connectivity index (χ2v) is 7.53. The molecule has 0 bridgehead atoms. The van der Waals surface area contributed by atoms with Gasteiger partial charge >= 0.3 is 0 Å². The van der Waals surface area contributed by atoms with Gasteiger partial charge in [-0.3, -0.25) is 9.69 Å². The minimum absolute atomic E-state index is 0.0862. The summed E-state index contributed by atoms with van der Waals surface area (Å²) in [5, 5.41) is 3.22. The fraction of sp³-hybridized carbons (Fsp3) is 0.615. The van der Waals surface area contributed by atoms with Crippen LogP contribution in [0.5, 0.6) is 0 Å². The van der Waals surface area contributed by atoms with E-state index in [1.165, 1.54) is 37.1 Å². The Labute approximate surface area is 120 Å². The fourth-order valence-electron chi connectivity index (χ4n) is 3.09. The van der Waals surface area contributed by atoms with E-state index < -0.39 is 0 Å². The molecule has 18 heavy (non-hydrogen) atoms. The Morgan fingerprint density at radius 2 is 2.22 bits per heavy atom. The van der Waals surface area contributed by atoms with Crippen LogP contribution >= 0.6 is 27.3 Å². The molecule has 1 amide bonds. The summed E-state index contributed by atoms with van der Waals surface area (Å²) in [5.74, 6) is 0.0862. The zero-order chi connectivity index (χ0) is 12.5. The van der Waals surface area contributed by atoms with Crippen molar-refractivity contribution in [3.63, 3.8) is 0 Å². The van der Waals surface area contributed by atoms with Gasteiger partial charge in [-0.1, -0.05) is 6.42 Å². The van der Waals surface area contributed by atoms with Gasteiger partial charge in [-0.2, -0.15) is 0 Å². The smallest absolute Gasteiger partial charge is 0.261 e. The molecule has 0 radical (unpaired) electrons. The lowest BCUT2D eigenvalue weighted by Gasteiger charge is -2.32. The summed E-state index contributed by atoms with van der Waals surface area (Å²) in [4.78, 5) is 15.5. The topological polar surface area (TPSA) is 32.3 Å². The predicted molar refractivity (Wildman–Crippen MR) is 77.1 cm³/mol. The molecular weight excluding hydrogens is 312 g/mol. The van der Waals surface area contributed by atoms with Gasteiger partial charge in [0.1, 0.15) is 0 Å². The molecule has 3 heterocycles. The van der Waals surface area contributed by atoms with E-state index in [2.05, 4.69) is 26.1 Å². The van der Waals surface area contributed by atoms with Crippen LogP contribution in [0.3, 0.4) is 0 Å². The summed E-state index contributed by atoms with van der Waals surface area (Å²) in [7, 11) is 0. The number of hydrogen-bond donors (Lipinski definition) is 1. The lowest BCUT2D eigenvalue weighted by Crippen LogP contribution is -2.46. The monoisotopic (exact) mass is 328 g/mol. The van der Waals surface area contributed by atoms with Crippen LogP contribution in [-0.2, 0) is 0 Å². The normalized spacial score (nSPS) is 28.1. The Hall–Kier alpha value is -0.390. The standard InChI is InChI=1S/C13H17BrN2OS/c14-12-5-4-11(18-12)13(17)15-9-6-8-16-7-2-1-3-10(9)16/h4-5,9-10H,1-3,6-8H2,(H,15,17)/t9-,10-/m0/s1. The number of thiophene rings is 1. The number of amides is 1. The lowest BCUT2D eigenvalue weighted by molar-refractivity contribution is 0.0919. The van der Waals surface area contributed by atoms with Crippen molar-refractivity contribution in [1.29, 1.82) is 0 Å². The van der Waals surface area contributed by atoms with Crippen LogP contribution in [0.25, 0.3) is 0 Å². The van der Waals surface area contributed by atoms with Crippen molar-refractivity contribution in [2.24, 2.45) is 0 Å². The first-order valence-corrected chi connectivity index (χ1v) is 8.15. The van der Waals surface area contributed by atoms with E-state index in [1.807, 2.05) is 12.1 Å². The molecule has 5 heteroatoms. The van der Waals surface area contributed by atoms with Gasteiger partial charge in [-0.15, -0.1) is 11.3 Å². The van der Waals surface area contributed by atoms with Crippen molar-refractivity contribution in [3.8, 4) is 0 Å². The maximum absolute atomic E-state index is 12.1. The molecule has 2 fully saturated rings. The number of carbonyl (C=O) groups excluding carboxylic acids is 1. The Balaban J connectivity index is 1.64. The number of rotatable bonds is 2. The van der Waals surface area contributed by atoms with Crippen LogP contribution in [0.1, 0.15) is 35.4 Å². The van der Waals surface area contributed by atoms with Gasteiger partial charge in [0.15, 0.2) is 0 Å². The summed E-state index contributed by atoms with van der Waals surface area (Å²) in [6.07, 6.45) is 4.95. The predicted octanol–water partition coefficient (Wildman–Crippen LogP) is 2.87. The molecule has 0 aromatic carbocycles. The summed E-state index contributed by atoms with van der Waals surface area (Å²) >= 11 is 4.90. The van der Waals surface area contributed by atoms with Crippen molar-refractivity contribution in [3.05, 3.63) is 20.8 Å². The highest BCUT2D eigenvalue weighted by Crippen LogP contribution is 2.28. The average Bonchev–Trinajstić information content (AvgIpc) is 2.97. The number of hydrogen-bond acceptors (Lipinski definition) is 3. The van der Waals surface area contributed by atoms with Gasteiger partial charge in [0.05, 0.1) is 8.66 Å². The van der Waals surface area contributed by atoms with Crippen molar-refractivity contribution >= 4 is 33.2 Å². The van der Waals surface area contributed by atoms with Crippen LogP contribution in [0.15, 0.2) is 15.9 Å². The SMILES string of the molecule is O=C(N[C@H]1CCN2CCCC[C@@H]12)c1ccc(Br)s1. The van der Waals surface area contributed by atoms with E-state index in [9.17, 15) is 4.79 Å². The first-order valence-electron chi connectivity index (χ1n) is 6.54. The molecule has 3 rings (SSSR count). The second-order valence-electron chi connectivity index (χ2n) is 5.07. The number of fused-ring (bicyclic) bond motifs is 1. The van der Waals surface area contributed by atoms with E-state index in [1.54, 1.807) is 0 Å². The van der Waals surface area contributed by atoms with Crippen molar-refractivity contribution in [2.75, 3.05) is 13.1 Å². The number of piperidine rings is 1. The van der Waals surface area contributed by atoms with Crippen molar-refractivity contribution < 1.29 is 4.79 Å². The minimum atomic E-state index is 0.0862. The Morgan fingerprint density at radius 1 is 1.33 bits per heavy atom. The Bertz CT molecular complexity index is 448. The first-order chi connectivity index (χ1) is 8.74. The van der Waals surface area contributed by atoms with Gasteiger partial charge in [0, 0.05) is 18.6 Å². The van der Waals surface area contributed by atoms with Gasteiger partial charge < -0.3 is 5.32 Å². The average molecular weight is 329 g/mol. The summed E-state index contributed by atoms with van der Waals surface area (Å²) in [5.41, 5.74) is 0.